The van der Waals surface area contributed by atoms with E-state index in [-0.39, 0.29) is 5.56 Å². The first kappa shape index (κ1) is 17.5. The van der Waals surface area contributed by atoms with Gasteiger partial charge in [-0.3, -0.25) is 0 Å². The van der Waals surface area contributed by atoms with Crippen LogP contribution in [0.4, 0.5) is 0 Å². The van der Waals surface area contributed by atoms with Crippen molar-refractivity contribution in [1.82, 2.24) is 0 Å². The number of rotatable bonds is 2. The lowest BCUT2D eigenvalue weighted by Crippen LogP contribution is -2.30. The summed E-state index contributed by atoms with van der Waals surface area (Å²) in [6, 6.07) is 17.7. The second-order valence-electron chi connectivity index (χ2n) is 6.93. The molecule has 0 aliphatic heterocycles. The van der Waals surface area contributed by atoms with Crippen molar-refractivity contribution in [2.24, 2.45) is 7.05 Å². The fraction of sp³-hybridized carbons (Fsp3) is 0.130. The monoisotopic (exact) mass is 376 g/mol. The minimum atomic E-state index is -0.979. The highest BCUT2D eigenvalue weighted by molar-refractivity contribution is 6.35. The summed E-state index contributed by atoms with van der Waals surface area (Å²) in [4.78, 5) is 12.3. The van der Waals surface area contributed by atoms with Gasteiger partial charge in [0.25, 0.3) is 0 Å². The van der Waals surface area contributed by atoms with Crippen LogP contribution in [0.3, 0.4) is 0 Å². The molecule has 0 spiro atoms. The Kier molecular flexibility index (Phi) is 4.12. The van der Waals surface area contributed by atoms with Gasteiger partial charge in [0, 0.05) is 23.1 Å². The third-order valence-electron chi connectivity index (χ3n) is 5.12. The number of benzene rings is 3. The van der Waals surface area contributed by atoms with Crippen molar-refractivity contribution in [2.45, 2.75) is 13.8 Å². The van der Waals surface area contributed by atoms with E-state index >= 15 is 0 Å². The Morgan fingerprint density at radius 2 is 1.74 bits per heavy atom. The van der Waals surface area contributed by atoms with Crippen LogP contribution in [-0.2, 0) is 7.05 Å². The van der Waals surface area contributed by atoms with Crippen LogP contribution in [0.2, 0.25) is 5.02 Å². The van der Waals surface area contributed by atoms with Gasteiger partial charge in [0.2, 0.25) is 11.0 Å². The third kappa shape index (κ3) is 2.75. The summed E-state index contributed by atoms with van der Waals surface area (Å²) >= 11 is 6.65. The molecule has 0 atom stereocenters. The Bertz CT molecular complexity index is 1240. The molecule has 0 amide bonds. The van der Waals surface area contributed by atoms with Crippen molar-refractivity contribution < 1.29 is 14.5 Å². The number of aryl methyl sites for hydroxylation is 3. The summed E-state index contributed by atoms with van der Waals surface area (Å²) in [5, 5.41) is 12.2. The van der Waals surface area contributed by atoms with Crippen LogP contribution in [0.25, 0.3) is 32.9 Å². The Hall–Kier alpha value is -2.91. The van der Waals surface area contributed by atoms with E-state index in [2.05, 4.69) is 0 Å². The average molecular weight is 377 g/mol. The molecular weight excluding hydrogens is 358 g/mol. The molecule has 0 unspecified atom stereocenters. The van der Waals surface area contributed by atoms with Crippen LogP contribution in [-0.4, -0.2) is 11.1 Å². The highest BCUT2D eigenvalue weighted by Gasteiger charge is 2.25. The smallest absolute Gasteiger partial charge is 0.337 e. The van der Waals surface area contributed by atoms with E-state index in [1.165, 1.54) is 0 Å². The molecule has 0 saturated heterocycles. The first-order valence-electron chi connectivity index (χ1n) is 8.73. The quantitative estimate of drug-likeness (QED) is 0.373. The number of pyridine rings is 1. The average Bonchev–Trinajstić information content (AvgIpc) is 2.62. The molecule has 3 nitrogen and oxygen atoms in total. The normalized spacial score (nSPS) is 11.3. The lowest BCUT2D eigenvalue weighted by molar-refractivity contribution is -0.617. The van der Waals surface area contributed by atoms with Gasteiger partial charge in [0.1, 0.15) is 7.05 Å². The predicted octanol–water partition coefficient (Wildman–Crippen LogP) is 5.45. The molecule has 0 aliphatic carbocycles. The maximum absolute atomic E-state index is 12.3. The highest BCUT2D eigenvalue weighted by Crippen LogP contribution is 2.38. The summed E-state index contributed by atoms with van der Waals surface area (Å²) in [7, 11) is 1.93. The summed E-state index contributed by atoms with van der Waals surface area (Å²) in [6.45, 7) is 4.00. The zero-order chi connectivity index (χ0) is 19.3. The summed E-state index contributed by atoms with van der Waals surface area (Å²) in [6.07, 6.45) is 0. The molecule has 4 rings (SSSR count). The molecule has 1 aromatic heterocycles. The van der Waals surface area contributed by atoms with Gasteiger partial charge in [-0.1, -0.05) is 47.5 Å². The molecule has 0 bridgehead atoms. The molecule has 0 fully saturated rings. The molecule has 0 radical (unpaired) electrons. The van der Waals surface area contributed by atoms with Gasteiger partial charge < -0.3 is 5.11 Å². The fourth-order valence-electron chi connectivity index (χ4n) is 3.86. The molecule has 1 N–H and O–H groups in total. The molecule has 134 valence electrons. The maximum Gasteiger partial charge on any atom is 0.337 e. The number of halogens is 1. The van der Waals surface area contributed by atoms with Crippen molar-refractivity contribution in [3.63, 3.8) is 0 Å². The van der Waals surface area contributed by atoms with Crippen molar-refractivity contribution in [1.29, 1.82) is 0 Å². The minimum absolute atomic E-state index is 0.241. The standard InChI is InChI=1S/C23H18ClNO2/c1-13-8-9-16(14(2)10-13)21-18(24)12-20-17(22(21)23(26)27)11-15-6-4-5-7-19(15)25(20)3/h4-12H,1-3H3/p+1. The van der Waals surface area contributed by atoms with E-state index in [0.717, 1.165) is 33.1 Å². The Morgan fingerprint density at radius 1 is 1.00 bits per heavy atom. The summed E-state index contributed by atoms with van der Waals surface area (Å²) in [5.74, 6) is -0.979. The lowest BCUT2D eigenvalue weighted by atomic mass is 9.91. The van der Waals surface area contributed by atoms with Gasteiger partial charge in [0.05, 0.1) is 16.0 Å². The molecule has 4 heteroatoms. The van der Waals surface area contributed by atoms with Crippen LogP contribution in [0.5, 0.6) is 0 Å². The zero-order valence-corrected chi connectivity index (χ0v) is 16.1. The van der Waals surface area contributed by atoms with Crippen molar-refractivity contribution in [3.8, 4) is 11.1 Å². The van der Waals surface area contributed by atoms with E-state index < -0.39 is 5.97 Å². The Labute approximate surface area is 162 Å². The number of hydrogen-bond donors (Lipinski definition) is 1. The topological polar surface area (TPSA) is 41.2 Å². The van der Waals surface area contributed by atoms with E-state index in [9.17, 15) is 9.90 Å². The van der Waals surface area contributed by atoms with Gasteiger partial charge >= 0.3 is 5.97 Å². The molecule has 1 heterocycles. The predicted molar refractivity (Wildman–Crippen MR) is 110 cm³/mol. The first-order chi connectivity index (χ1) is 12.9. The van der Waals surface area contributed by atoms with Crippen LogP contribution in [0.15, 0.2) is 54.6 Å². The number of carboxylic acids is 1. The number of para-hydroxylation sites is 1. The van der Waals surface area contributed by atoms with Gasteiger partial charge in [-0.05, 0) is 37.1 Å². The summed E-state index contributed by atoms with van der Waals surface area (Å²) < 4.78 is 1.99. The van der Waals surface area contributed by atoms with Crippen LogP contribution < -0.4 is 4.57 Å². The Morgan fingerprint density at radius 3 is 2.44 bits per heavy atom. The fourth-order valence-corrected chi connectivity index (χ4v) is 4.16. The zero-order valence-electron chi connectivity index (χ0n) is 15.4. The molecule has 0 aliphatic rings. The number of carboxylic acid groups (broad SMARTS) is 1. The van der Waals surface area contributed by atoms with Gasteiger partial charge in [-0.15, -0.1) is 0 Å². The van der Waals surface area contributed by atoms with E-state index in [0.29, 0.717) is 16.0 Å². The van der Waals surface area contributed by atoms with Crippen LogP contribution in [0.1, 0.15) is 21.5 Å². The molecule has 3 aromatic carbocycles. The van der Waals surface area contributed by atoms with E-state index in [1.54, 1.807) is 0 Å². The number of carbonyl (C=O) groups is 1. The number of nitrogens with zero attached hydrogens (tertiary/aromatic N) is 1. The number of hydrogen-bond acceptors (Lipinski definition) is 1. The molecule has 4 aromatic rings. The van der Waals surface area contributed by atoms with Crippen LogP contribution in [0, 0.1) is 13.8 Å². The largest absolute Gasteiger partial charge is 0.478 e. The second kappa shape index (κ2) is 6.36. The molecule has 0 saturated carbocycles. The molecular formula is C23H19ClNO2+. The van der Waals surface area contributed by atoms with Crippen molar-refractivity contribution in [2.75, 3.05) is 0 Å². The van der Waals surface area contributed by atoms with E-state index in [4.69, 9.17) is 11.6 Å². The maximum atomic E-state index is 12.3. The van der Waals surface area contributed by atoms with Gasteiger partial charge in [0.15, 0.2) is 0 Å². The summed E-state index contributed by atoms with van der Waals surface area (Å²) in [5.41, 5.74) is 5.61. The number of fused-ring (bicyclic) bond motifs is 2. The van der Waals surface area contributed by atoms with Gasteiger partial charge in [-0.2, -0.15) is 4.57 Å². The van der Waals surface area contributed by atoms with Crippen LogP contribution >= 0.6 is 11.6 Å². The Balaban J connectivity index is 2.20. The SMILES string of the molecule is Cc1ccc(-c2c(Cl)cc3c(cc4ccccc4[n+]3C)c2C(=O)O)c(C)c1. The van der Waals surface area contributed by atoms with E-state index in [1.807, 2.05) is 80.1 Å². The number of aromatic carboxylic acids is 1. The van der Waals surface area contributed by atoms with Crippen molar-refractivity contribution in [3.05, 3.63) is 76.3 Å². The second-order valence-corrected chi connectivity index (χ2v) is 7.33. The van der Waals surface area contributed by atoms with Crippen molar-refractivity contribution >= 4 is 39.4 Å². The van der Waals surface area contributed by atoms with Gasteiger partial charge in [-0.25, -0.2) is 4.79 Å². The first-order valence-corrected chi connectivity index (χ1v) is 9.11. The molecule has 27 heavy (non-hydrogen) atoms. The highest BCUT2D eigenvalue weighted by atomic mass is 35.5. The lowest BCUT2D eigenvalue weighted by Gasteiger charge is -2.14. The minimum Gasteiger partial charge on any atom is -0.478 e. The third-order valence-corrected chi connectivity index (χ3v) is 5.42. The number of aromatic nitrogens is 1.